The van der Waals surface area contributed by atoms with E-state index in [1.54, 1.807) is 0 Å². The van der Waals surface area contributed by atoms with Crippen molar-refractivity contribution in [1.82, 2.24) is 4.90 Å². The molecule has 1 aliphatic heterocycles. The first kappa shape index (κ1) is 14.6. The number of ether oxygens (including phenoxy) is 1. The molecule has 1 unspecified atom stereocenters. The number of rotatable bonds is 1. The molecule has 1 saturated heterocycles. The van der Waals surface area contributed by atoms with E-state index in [1.807, 2.05) is 25.7 Å². The summed E-state index contributed by atoms with van der Waals surface area (Å²) in [5.74, 6) is 1.17. The lowest BCUT2D eigenvalue weighted by atomic mass is 9.61. The van der Waals surface area contributed by atoms with Crippen molar-refractivity contribution in [3.63, 3.8) is 0 Å². The third-order valence-electron chi connectivity index (χ3n) is 4.34. The minimum atomic E-state index is -0.421. The average molecular weight is 268 g/mol. The van der Waals surface area contributed by atoms with E-state index in [2.05, 4.69) is 6.92 Å². The van der Waals surface area contributed by atoms with Gasteiger partial charge in [0.15, 0.2) is 0 Å². The van der Waals surface area contributed by atoms with Gasteiger partial charge in [-0.25, -0.2) is 4.79 Å². The summed E-state index contributed by atoms with van der Waals surface area (Å²) >= 11 is 0. The highest BCUT2D eigenvalue weighted by Gasteiger charge is 2.46. The van der Waals surface area contributed by atoms with Crippen LogP contribution in [0, 0.1) is 11.8 Å². The zero-order valence-electron chi connectivity index (χ0n) is 12.7. The van der Waals surface area contributed by atoms with Gasteiger partial charge in [-0.05, 0) is 58.3 Å². The Bertz CT molecular complexity index is 343. The van der Waals surface area contributed by atoms with Crippen molar-refractivity contribution >= 4 is 6.09 Å². The molecule has 0 aromatic carbocycles. The molecule has 1 amide bonds. The Morgan fingerprint density at radius 1 is 1.37 bits per heavy atom. The fourth-order valence-corrected chi connectivity index (χ4v) is 3.51. The average Bonchev–Trinajstić information content (AvgIpc) is 2.25. The van der Waals surface area contributed by atoms with Gasteiger partial charge in [-0.15, -0.1) is 0 Å². The lowest BCUT2D eigenvalue weighted by Crippen LogP contribution is -2.61. The number of amides is 1. The summed E-state index contributed by atoms with van der Waals surface area (Å²) in [4.78, 5) is 14.0. The molecule has 1 atom stereocenters. The molecule has 0 aromatic rings. The number of nitrogens with zero attached hydrogens (tertiary/aromatic N) is 1. The molecule has 0 aromatic heterocycles. The standard InChI is InChI=1S/C15H28N2O2/c1-11-8-15(16,9-11)12-6-5-7-17(10-12)13(18)19-14(2,3)4/h11-12H,5-10,16H2,1-4H3. The second-order valence-electron chi connectivity index (χ2n) is 7.51. The highest BCUT2D eigenvalue weighted by molar-refractivity contribution is 5.68. The van der Waals surface area contributed by atoms with Gasteiger partial charge < -0.3 is 15.4 Å². The molecule has 19 heavy (non-hydrogen) atoms. The second kappa shape index (κ2) is 4.97. The SMILES string of the molecule is CC1CC(N)(C2CCCN(C(=O)OC(C)(C)C)C2)C1. The quantitative estimate of drug-likeness (QED) is 0.795. The molecule has 1 aliphatic carbocycles. The molecule has 2 aliphatic rings. The van der Waals surface area contributed by atoms with Gasteiger partial charge in [0.05, 0.1) is 0 Å². The molecule has 1 heterocycles. The summed E-state index contributed by atoms with van der Waals surface area (Å²) in [7, 11) is 0. The van der Waals surface area contributed by atoms with Gasteiger partial charge in [-0.3, -0.25) is 0 Å². The molecule has 4 nitrogen and oxygen atoms in total. The zero-order chi connectivity index (χ0) is 14.3. The first-order valence-corrected chi connectivity index (χ1v) is 7.46. The van der Waals surface area contributed by atoms with Crippen molar-refractivity contribution in [3.8, 4) is 0 Å². The van der Waals surface area contributed by atoms with Crippen molar-refractivity contribution in [3.05, 3.63) is 0 Å². The van der Waals surface area contributed by atoms with Crippen LogP contribution in [-0.2, 0) is 4.74 Å². The van der Waals surface area contributed by atoms with Crippen LogP contribution in [0.15, 0.2) is 0 Å². The lowest BCUT2D eigenvalue weighted by Gasteiger charge is -2.51. The molecule has 0 bridgehead atoms. The maximum absolute atomic E-state index is 12.1. The number of hydrogen-bond acceptors (Lipinski definition) is 3. The normalized spacial score (nSPS) is 35.7. The Morgan fingerprint density at radius 3 is 2.53 bits per heavy atom. The van der Waals surface area contributed by atoms with E-state index in [1.165, 1.54) is 0 Å². The monoisotopic (exact) mass is 268 g/mol. The first-order valence-electron chi connectivity index (χ1n) is 7.46. The number of likely N-dealkylation sites (tertiary alicyclic amines) is 1. The van der Waals surface area contributed by atoms with Crippen LogP contribution in [0.1, 0.15) is 53.4 Å². The molecule has 2 rings (SSSR count). The summed E-state index contributed by atoms with van der Waals surface area (Å²) in [5, 5.41) is 0. The maximum Gasteiger partial charge on any atom is 0.410 e. The van der Waals surface area contributed by atoms with Gasteiger partial charge in [0.25, 0.3) is 0 Å². The number of carbonyl (C=O) groups is 1. The third-order valence-corrected chi connectivity index (χ3v) is 4.34. The van der Waals surface area contributed by atoms with Crippen molar-refractivity contribution in [2.24, 2.45) is 17.6 Å². The Balaban J connectivity index is 1.92. The number of piperidine rings is 1. The molecule has 2 N–H and O–H groups in total. The summed E-state index contributed by atoms with van der Waals surface area (Å²) in [6, 6.07) is 0. The zero-order valence-corrected chi connectivity index (χ0v) is 12.7. The molecule has 4 heteroatoms. The fourth-order valence-electron chi connectivity index (χ4n) is 3.51. The van der Waals surface area contributed by atoms with Gasteiger partial charge in [0, 0.05) is 18.6 Å². The Kier molecular flexibility index (Phi) is 3.83. The van der Waals surface area contributed by atoms with E-state index in [9.17, 15) is 4.79 Å². The van der Waals surface area contributed by atoms with Gasteiger partial charge in [-0.1, -0.05) is 6.92 Å². The Hall–Kier alpha value is -0.770. The van der Waals surface area contributed by atoms with E-state index >= 15 is 0 Å². The number of nitrogens with two attached hydrogens (primary N) is 1. The fraction of sp³-hybridized carbons (Fsp3) is 0.933. The predicted octanol–water partition coefficient (Wildman–Crippen LogP) is 2.76. The molecular weight excluding hydrogens is 240 g/mol. The van der Waals surface area contributed by atoms with E-state index in [0.717, 1.165) is 44.7 Å². The van der Waals surface area contributed by atoms with Crippen molar-refractivity contribution in [2.45, 2.75) is 64.5 Å². The summed E-state index contributed by atoms with van der Waals surface area (Å²) < 4.78 is 5.46. The highest BCUT2D eigenvalue weighted by Crippen LogP contribution is 2.43. The summed E-state index contributed by atoms with van der Waals surface area (Å²) in [5.41, 5.74) is 6.02. The largest absolute Gasteiger partial charge is 0.444 e. The summed E-state index contributed by atoms with van der Waals surface area (Å²) in [6.45, 7) is 9.54. The van der Waals surface area contributed by atoms with E-state index in [-0.39, 0.29) is 11.6 Å². The first-order chi connectivity index (χ1) is 8.70. The van der Waals surface area contributed by atoms with Crippen molar-refractivity contribution in [2.75, 3.05) is 13.1 Å². The number of hydrogen-bond donors (Lipinski definition) is 1. The van der Waals surface area contributed by atoms with Crippen LogP contribution in [0.25, 0.3) is 0 Å². The Labute approximate surface area is 116 Å². The molecule has 2 fully saturated rings. The van der Waals surface area contributed by atoms with Crippen molar-refractivity contribution in [1.29, 1.82) is 0 Å². The smallest absolute Gasteiger partial charge is 0.410 e. The number of carbonyl (C=O) groups excluding carboxylic acids is 1. The topological polar surface area (TPSA) is 55.6 Å². The van der Waals surface area contributed by atoms with Crippen LogP contribution in [-0.4, -0.2) is 35.2 Å². The van der Waals surface area contributed by atoms with Crippen LogP contribution >= 0.6 is 0 Å². The van der Waals surface area contributed by atoms with Crippen LogP contribution in [0.3, 0.4) is 0 Å². The van der Waals surface area contributed by atoms with Gasteiger partial charge >= 0.3 is 6.09 Å². The molecule has 1 saturated carbocycles. The molecular formula is C15H28N2O2. The van der Waals surface area contributed by atoms with E-state index in [0.29, 0.717) is 5.92 Å². The van der Waals surface area contributed by atoms with Crippen LogP contribution < -0.4 is 5.73 Å². The predicted molar refractivity (Wildman–Crippen MR) is 75.8 cm³/mol. The molecule has 0 spiro atoms. The van der Waals surface area contributed by atoms with Crippen molar-refractivity contribution < 1.29 is 9.53 Å². The highest BCUT2D eigenvalue weighted by atomic mass is 16.6. The van der Waals surface area contributed by atoms with Gasteiger partial charge in [-0.2, -0.15) is 0 Å². The molecule has 110 valence electrons. The van der Waals surface area contributed by atoms with Gasteiger partial charge in [0.2, 0.25) is 0 Å². The van der Waals surface area contributed by atoms with E-state index < -0.39 is 5.60 Å². The Morgan fingerprint density at radius 2 is 2.00 bits per heavy atom. The second-order valence-corrected chi connectivity index (χ2v) is 7.51. The van der Waals surface area contributed by atoms with Gasteiger partial charge in [0.1, 0.15) is 5.60 Å². The minimum absolute atomic E-state index is 0.0416. The maximum atomic E-state index is 12.1. The third kappa shape index (κ3) is 3.41. The molecule has 0 radical (unpaired) electrons. The summed E-state index contributed by atoms with van der Waals surface area (Å²) in [6.07, 6.45) is 4.19. The van der Waals surface area contributed by atoms with E-state index in [4.69, 9.17) is 10.5 Å². The van der Waals surface area contributed by atoms with Crippen LogP contribution in [0.5, 0.6) is 0 Å². The van der Waals surface area contributed by atoms with Crippen LogP contribution in [0.2, 0.25) is 0 Å². The minimum Gasteiger partial charge on any atom is -0.444 e. The lowest BCUT2D eigenvalue weighted by molar-refractivity contribution is -0.00133. The van der Waals surface area contributed by atoms with Crippen LogP contribution in [0.4, 0.5) is 4.79 Å².